The van der Waals surface area contributed by atoms with Crippen LogP contribution in [0.1, 0.15) is 11.1 Å². The first-order valence-corrected chi connectivity index (χ1v) is 10.9. The van der Waals surface area contributed by atoms with Gasteiger partial charge in [-0.1, -0.05) is 40.2 Å². The Morgan fingerprint density at radius 3 is 2.16 bits per heavy atom. The number of rotatable bonds is 8. The maximum absolute atomic E-state index is 5.80. The van der Waals surface area contributed by atoms with Gasteiger partial charge in [0, 0.05) is 23.6 Å². The molecule has 3 aromatic carbocycles. The summed E-state index contributed by atoms with van der Waals surface area (Å²) in [5, 5.41) is 3.93. The van der Waals surface area contributed by atoms with E-state index in [1.54, 1.807) is 21.3 Å². The van der Waals surface area contributed by atoms with E-state index < -0.39 is 0 Å². The van der Waals surface area contributed by atoms with Gasteiger partial charge in [-0.05, 0) is 59.7 Å². The molecule has 162 valence electrons. The molecule has 7 heteroatoms. The van der Waals surface area contributed by atoms with Crippen molar-refractivity contribution in [2.75, 3.05) is 26.6 Å². The first-order chi connectivity index (χ1) is 15.0. The highest BCUT2D eigenvalue weighted by Crippen LogP contribution is 2.29. The molecule has 0 amide bonds. The molecule has 3 rings (SSSR count). The van der Waals surface area contributed by atoms with Crippen LogP contribution in [0.5, 0.6) is 17.2 Å². The lowest BCUT2D eigenvalue weighted by Crippen LogP contribution is -2.34. The molecule has 0 aromatic heterocycles. The number of nitrogens with zero attached hydrogens (tertiary/aromatic N) is 1. The van der Waals surface area contributed by atoms with Gasteiger partial charge in [0.25, 0.3) is 0 Å². The van der Waals surface area contributed by atoms with Gasteiger partial charge >= 0.3 is 0 Å². The molecule has 5 nitrogen and oxygen atoms in total. The summed E-state index contributed by atoms with van der Waals surface area (Å²) in [5.41, 5.74) is 3.05. The van der Waals surface area contributed by atoms with Crippen molar-refractivity contribution in [3.8, 4) is 17.2 Å². The minimum Gasteiger partial charge on any atom is -0.497 e. The summed E-state index contributed by atoms with van der Waals surface area (Å²) < 4.78 is 17.1. The van der Waals surface area contributed by atoms with Gasteiger partial charge in [0.2, 0.25) is 0 Å². The van der Waals surface area contributed by atoms with E-state index in [9.17, 15) is 0 Å². The molecule has 0 unspecified atom stereocenters. The van der Waals surface area contributed by atoms with Gasteiger partial charge in [-0.15, -0.1) is 0 Å². The summed E-state index contributed by atoms with van der Waals surface area (Å²) in [5.74, 6) is 2.21. The van der Waals surface area contributed by atoms with Crippen molar-refractivity contribution in [3.63, 3.8) is 0 Å². The minimum atomic E-state index is 0.597. The van der Waals surface area contributed by atoms with Gasteiger partial charge in [0.1, 0.15) is 17.2 Å². The van der Waals surface area contributed by atoms with E-state index in [2.05, 4.69) is 38.3 Å². The zero-order valence-electron chi connectivity index (χ0n) is 17.7. The van der Waals surface area contributed by atoms with Gasteiger partial charge < -0.3 is 24.4 Å². The van der Waals surface area contributed by atoms with Crippen LogP contribution in [0, 0.1) is 0 Å². The van der Waals surface area contributed by atoms with Crippen LogP contribution in [0.2, 0.25) is 0 Å². The molecule has 0 saturated carbocycles. The Bertz CT molecular complexity index is 1030. The molecule has 31 heavy (non-hydrogen) atoms. The molecule has 3 aromatic rings. The third-order valence-corrected chi connectivity index (χ3v) is 5.59. The number of thiocarbonyl (C=S) groups is 1. The summed E-state index contributed by atoms with van der Waals surface area (Å²) in [6.45, 7) is 1.29. The largest absolute Gasteiger partial charge is 0.497 e. The lowest BCUT2D eigenvalue weighted by Gasteiger charge is -2.27. The first kappa shape index (κ1) is 22.9. The summed E-state index contributed by atoms with van der Waals surface area (Å²) in [6.07, 6.45) is 0. The second kappa shape index (κ2) is 11.0. The highest BCUT2D eigenvalue weighted by molar-refractivity contribution is 9.10. The molecule has 0 fully saturated rings. The van der Waals surface area contributed by atoms with Crippen LogP contribution in [-0.4, -0.2) is 31.3 Å². The molecular formula is C24H25BrN2O3S. The van der Waals surface area contributed by atoms with Crippen molar-refractivity contribution in [1.82, 2.24) is 4.90 Å². The fraction of sp³-hybridized carbons (Fsp3) is 0.208. The van der Waals surface area contributed by atoms with E-state index in [0.717, 1.165) is 32.8 Å². The number of methoxy groups -OCH3 is 3. The van der Waals surface area contributed by atoms with E-state index in [1.807, 2.05) is 54.6 Å². The molecule has 0 aliphatic heterocycles. The monoisotopic (exact) mass is 500 g/mol. The molecule has 0 saturated heterocycles. The maximum atomic E-state index is 5.80. The Morgan fingerprint density at radius 1 is 0.839 bits per heavy atom. The standard InChI is InChI=1S/C24H25BrN2O3S/c1-28-20-9-7-17(8-10-20)15-27(16-18-5-4-6-19(25)13-18)24(31)26-22-12-11-21(29-2)14-23(22)30-3/h4-14H,15-16H2,1-3H3,(H,26,31). The van der Waals surface area contributed by atoms with Gasteiger partial charge in [-0.3, -0.25) is 0 Å². The Balaban J connectivity index is 1.84. The summed E-state index contributed by atoms with van der Waals surface area (Å²) >= 11 is 9.35. The maximum Gasteiger partial charge on any atom is 0.174 e. The van der Waals surface area contributed by atoms with Crippen molar-refractivity contribution in [2.45, 2.75) is 13.1 Å². The van der Waals surface area contributed by atoms with E-state index in [1.165, 1.54) is 0 Å². The van der Waals surface area contributed by atoms with Crippen LogP contribution < -0.4 is 19.5 Å². The molecular weight excluding hydrogens is 476 g/mol. The minimum absolute atomic E-state index is 0.597. The van der Waals surface area contributed by atoms with E-state index >= 15 is 0 Å². The average Bonchev–Trinajstić information content (AvgIpc) is 2.79. The van der Waals surface area contributed by atoms with Crippen molar-refractivity contribution >= 4 is 38.9 Å². The average molecular weight is 501 g/mol. The molecule has 0 spiro atoms. The van der Waals surface area contributed by atoms with E-state index in [4.69, 9.17) is 26.4 Å². The molecule has 0 aliphatic carbocycles. The SMILES string of the molecule is COc1ccc(CN(Cc2cccc(Br)c2)C(=S)Nc2ccc(OC)cc2OC)cc1. The molecule has 0 heterocycles. The quantitative estimate of drug-likeness (QED) is 0.390. The lowest BCUT2D eigenvalue weighted by molar-refractivity contribution is 0.394. The zero-order valence-corrected chi connectivity index (χ0v) is 20.1. The van der Waals surface area contributed by atoms with Crippen molar-refractivity contribution in [3.05, 3.63) is 82.3 Å². The smallest absolute Gasteiger partial charge is 0.174 e. The fourth-order valence-electron chi connectivity index (χ4n) is 3.10. The van der Waals surface area contributed by atoms with Gasteiger partial charge in [-0.25, -0.2) is 0 Å². The van der Waals surface area contributed by atoms with Gasteiger partial charge in [-0.2, -0.15) is 0 Å². The molecule has 0 atom stereocenters. The van der Waals surface area contributed by atoms with Crippen LogP contribution in [0.3, 0.4) is 0 Å². The topological polar surface area (TPSA) is 43.0 Å². The first-order valence-electron chi connectivity index (χ1n) is 9.67. The second-order valence-electron chi connectivity index (χ2n) is 6.83. The third-order valence-electron chi connectivity index (χ3n) is 4.73. The Labute approximate surface area is 197 Å². The third kappa shape index (κ3) is 6.35. The molecule has 0 bridgehead atoms. The fourth-order valence-corrected chi connectivity index (χ4v) is 3.79. The number of benzene rings is 3. The predicted octanol–water partition coefficient (Wildman–Crippen LogP) is 5.87. The van der Waals surface area contributed by atoms with E-state index in [-0.39, 0.29) is 0 Å². The highest BCUT2D eigenvalue weighted by Gasteiger charge is 2.15. The van der Waals surface area contributed by atoms with Crippen LogP contribution >= 0.6 is 28.1 Å². The van der Waals surface area contributed by atoms with Crippen molar-refractivity contribution in [1.29, 1.82) is 0 Å². The predicted molar refractivity (Wildman–Crippen MR) is 132 cm³/mol. The van der Waals surface area contributed by atoms with Crippen molar-refractivity contribution < 1.29 is 14.2 Å². The Hall–Kier alpha value is -2.77. The number of anilines is 1. The van der Waals surface area contributed by atoms with Crippen LogP contribution in [0.25, 0.3) is 0 Å². The normalized spacial score (nSPS) is 10.3. The van der Waals surface area contributed by atoms with Crippen LogP contribution in [-0.2, 0) is 13.1 Å². The molecule has 1 N–H and O–H groups in total. The number of hydrogen-bond donors (Lipinski definition) is 1. The summed E-state index contributed by atoms with van der Waals surface area (Å²) in [6, 6.07) is 21.8. The van der Waals surface area contributed by atoms with Gasteiger partial charge in [0.15, 0.2) is 5.11 Å². The molecule has 0 radical (unpaired) electrons. The highest BCUT2D eigenvalue weighted by atomic mass is 79.9. The summed E-state index contributed by atoms with van der Waals surface area (Å²) in [4.78, 5) is 2.11. The van der Waals surface area contributed by atoms with Crippen LogP contribution in [0.4, 0.5) is 5.69 Å². The summed E-state index contributed by atoms with van der Waals surface area (Å²) in [7, 11) is 4.91. The number of halogens is 1. The van der Waals surface area contributed by atoms with Crippen molar-refractivity contribution in [2.24, 2.45) is 0 Å². The number of nitrogens with one attached hydrogen (secondary N) is 1. The Kier molecular flexibility index (Phi) is 8.14. The van der Waals surface area contributed by atoms with Crippen LogP contribution in [0.15, 0.2) is 71.2 Å². The lowest BCUT2D eigenvalue weighted by atomic mass is 10.1. The number of ether oxygens (including phenoxy) is 3. The number of hydrogen-bond acceptors (Lipinski definition) is 4. The Morgan fingerprint density at radius 2 is 1.52 bits per heavy atom. The zero-order chi connectivity index (χ0) is 22.2. The van der Waals surface area contributed by atoms with Gasteiger partial charge in [0.05, 0.1) is 27.0 Å². The van der Waals surface area contributed by atoms with E-state index in [0.29, 0.717) is 24.0 Å². The molecule has 0 aliphatic rings. The second-order valence-corrected chi connectivity index (χ2v) is 8.13.